The van der Waals surface area contributed by atoms with Crippen LogP contribution in [0, 0.1) is 42.5 Å². The number of benzene rings is 6. The smallest absolute Gasteiger partial charge is 0.135 e. The Labute approximate surface area is 432 Å². The molecule has 2 aromatic heterocycles. The quantitative estimate of drug-likeness (QED) is 0.107. The van der Waals surface area contributed by atoms with Crippen LogP contribution in [0.25, 0.3) is 27.6 Å². The van der Waals surface area contributed by atoms with Crippen LogP contribution in [-0.2, 0) is 31.9 Å². The fourth-order valence-corrected chi connectivity index (χ4v) is 16.7. The first-order chi connectivity index (χ1) is 33.1. The van der Waals surface area contributed by atoms with E-state index in [2.05, 4.69) is 233 Å². The van der Waals surface area contributed by atoms with Gasteiger partial charge in [0.25, 0.3) is 0 Å². The summed E-state index contributed by atoms with van der Waals surface area (Å²) >= 11 is 0. The van der Waals surface area contributed by atoms with E-state index >= 15 is 0 Å². The number of fused-ring (bicyclic) bond motifs is 4. The molecule has 5 aliphatic rings. The Morgan fingerprint density at radius 3 is 1.90 bits per heavy atom. The molecule has 4 saturated carbocycles. The maximum absolute atomic E-state index is 7.01. The van der Waals surface area contributed by atoms with E-state index in [1.54, 1.807) is 0 Å². The minimum atomic E-state index is -1.75. The van der Waals surface area contributed by atoms with E-state index < -0.39 is 16.1 Å². The predicted molar refractivity (Wildman–Crippen MR) is 293 cm³/mol. The summed E-state index contributed by atoms with van der Waals surface area (Å²) in [5.41, 5.74) is 10.6. The molecular formula is C62H65N4OPtSi2-3. The summed E-state index contributed by atoms with van der Waals surface area (Å²) in [4.78, 5) is 9.99. The van der Waals surface area contributed by atoms with Crippen molar-refractivity contribution in [2.75, 3.05) is 9.80 Å². The SMILES string of the molecule is CC(C)(C)c1cc(Oc2[c-]c3c(cc2)c2ccccc2n3-c2cc(C3(c4ccccc4)C4CC5CC(C4)CC3C5)ccn2)[c-]c(N2[CH-]N(c3c([Si](C)(C)C)cccc3[Si](C)(C)C)c3ccccc32)c1.[Pt]. The monoisotopic (exact) mass is 1130 g/mol. The van der Waals surface area contributed by atoms with Crippen molar-refractivity contribution in [1.29, 1.82) is 0 Å². The Balaban J connectivity index is 0.00000533. The summed E-state index contributed by atoms with van der Waals surface area (Å²) in [6.45, 7) is 23.9. The van der Waals surface area contributed by atoms with Gasteiger partial charge in [0.15, 0.2) is 0 Å². The van der Waals surface area contributed by atoms with E-state index in [0.717, 1.165) is 45.4 Å². The second-order valence-electron chi connectivity index (χ2n) is 23.9. The van der Waals surface area contributed by atoms with Crippen molar-refractivity contribution >= 4 is 71.1 Å². The van der Waals surface area contributed by atoms with Gasteiger partial charge in [0.2, 0.25) is 0 Å². The molecule has 0 atom stereocenters. The van der Waals surface area contributed by atoms with Gasteiger partial charge in [-0.2, -0.15) is 6.07 Å². The van der Waals surface area contributed by atoms with Crippen molar-refractivity contribution in [3.63, 3.8) is 0 Å². The minimum Gasteiger partial charge on any atom is -0.509 e. The number of hydrogen-bond donors (Lipinski definition) is 0. The topological polar surface area (TPSA) is 33.5 Å². The van der Waals surface area contributed by atoms with Gasteiger partial charge in [-0.3, -0.25) is 0 Å². The Kier molecular flexibility index (Phi) is 11.6. The van der Waals surface area contributed by atoms with Crippen LogP contribution in [0.1, 0.15) is 69.6 Å². The average molecular weight is 1130 g/mol. The molecule has 0 radical (unpaired) electrons. The number of aromatic nitrogens is 2. The van der Waals surface area contributed by atoms with E-state index in [-0.39, 0.29) is 31.9 Å². The molecule has 8 aromatic rings. The molecule has 1 aliphatic heterocycles. The van der Waals surface area contributed by atoms with E-state index in [1.165, 1.54) is 75.9 Å². The van der Waals surface area contributed by atoms with Crippen molar-refractivity contribution in [1.82, 2.24) is 9.55 Å². The first-order valence-corrected chi connectivity index (χ1v) is 32.5. The Morgan fingerprint density at radius 2 is 1.24 bits per heavy atom. The molecule has 0 amide bonds. The molecule has 0 unspecified atom stereocenters. The number of pyridine rings is 1. The number of ether oxygens (including phenoxy) is 1. The van der Waals surface area contributed by atoms with Gasteiger partial charge in [-0.15, -0.1) is 53.6 Å². The molecule has 0 spiro atoms. The molecule has 4 bridgehead atoms. The van der Waals surface area contributed by atoms with Crippen LogP contribution in [-0.4, -0.2) is 25.7 Å². The second-order valence-corrected chi connectivity index (χ2v) is 34.0. The summed E-state index contributed by atoms with van der Waals surface area (Å²) in [6.07, 6.45) is 8.80. The summed E-state index contributed by atoms with van der Waals surface area (Å²) in [5, 5.41) is 5.28. The van der Waals surface area contributed by atoms with Crippen molar-refractivity contribution in [2.24, 2.45) is 23.7 Å². The molecule has 4 fully saturated rings. The summed E-state index contributed by atoms with van der Waals surface area (Å²) < 4.78 is 9.33. The van der Waals surface area contributed by atoms with Gasteiger partial charge in [0, 0.05) is 66.8 Å². The van der Waals surface area contributed by atoms with E-state index in [0.29, 0.717) is 23.3 Å². The molecule has 0 N–H and O–H groups in total. The third kappa shape index (κ3) is 7.76. The van der Waals surface area contributed by atoms with Crippen molar-refractivity contribution < 1.29 is 25.8 Å². The van der Waals surface area contributed by atoms with Crippen LogP contribution in [0.4, 0.5) is 22.7 Å². The molecule has 70 heavy (non-hydrogen) atoms. The zero-order chi connectivity index (χ0) is 47.6. The number of hydrogen-bond acceptors (Lipinski definition) is 4. The standard InChI is InChI=1S/C62H65N4OSi2.Pt/c1-61(2,3)45-35-48(64-40-65(55-23-16-15-22-54(55)64)60-57(68(4,5)6)24-17-25-58(60)69(7,8)9)38-50(36-45)67-49-26-27-52-51-20-13-14-21-53(51)66(56(52)39-49)59-37-44(28-29-63-59)62(43-18-11-10-12-19-43)46-31-41-30-42(33-46)34-47(62)32-41;/h10-29,35-37,40-42,46-47H,30-34H2,1-9H3;/q-3;. The second kappa shape index (κ2) is 17.2. The third-order valence-corrected chi connectivity index (χ3v) is 20.4. The van der Waals surface area contributed by atoms with Gasteiger partial charge in [-0.1, -0.05) is 144 Å². The van der Waals surface area contributed by atoms with Crippen LogP contribution >= 0.6 is 0 Å². The molecule has 5 nitrogen and oxygen atoms in total. The number of anilines is 4. The molecule has 8 heteroatoms. The van der Waals surface area contributed by atoms with Crippen LogP contribution in [0.2, 0.25) is 39.3 Å². The number of nitrogens with zero attached hydrogens (tertiary/aromatic N) is 4. The molecule has 4 aliphatic carbocycles. The Morgan fingerprint density at radius 1 is 0.614 bits per heavy atom. The molecule has 13 rings (SSSR count). The average Bonchev–Trinajstić information content (AvgIpc) is 3.87. The molecular weight excluding hydrogens is 1070 g/mol. The zero-order valence-corrected chi connectivity index (χ0v) is 46.5. The van der Waals surface area contributed by atoms with Crippen LogP contribution in [0.5, 0.6) is 11.5 Å². The van der Waals surface area contributed by atoms with Gasteiger partial charge < -0.3 is 19.1 Å². The minimum absolute atomic E-state index is 0. The number of para-hydroxylation sites is 4. The predicted octanol–water partition coefficient (Wildman–Crippen LogP) is 15.1. The van der Waals surface area contributed by atoms with Crippen molar-refractivity contribution in [3.8, 4) is 17.3 Å². The fraction of sp³-hybridized carbons (Fsp3) is 0.323. The van der Waals surface area contributed by atoms with Gasteiger partial charge in [0.05, 0.1) is 16.1 Å². The Hall–Kier alpha value is -5.21. The van der Waals surface area contributed by atoms with Crippen molar-refractivity contribution in [2.45, 2.75) is 103 Å². The van der Waals surface area contributed by atoms with Gasteiger partial charge in [0.1, 0.15) is 5.82 Å². The van der Waals surface area contributed by atoms with Crippen LogP contribution < -0.4 is 24.9 Å². The van der Waals surface area contributed by atoms with Crippen LogP contribution in [0.15, 0.2) is 140 Å². The van der Waals surface area contributed by atoms with E-state index in [4.69, 9.17) is 9.72 Å². The Bertz CT molecular complexity index is 3230. The van der Waals surface area contributed by atoms with Crippen LogP contribution in [0.3, 0.4) is 0 Å². The first kappa shape index (κ1) is 47.1. The zero-order valence-electron chi connectivity index (χ0n) is 42.2. The first-order valence-electron chi connectivity index (χ1n) is 25.5. The number of rotatable bonds is 9. The molecule has 0 saturated heterocycles. The van der Waals surface area contributed by atoms with E-state index in [1.807, 2.05) is 0 Å². The largest absolute Gasteiger partial charge is 0.509 e. The maximum Gasteiger partial charge on any atom is 0.135 e. The maximum atomic E-state index is 7.01. The summed E-state index contributed by atoms with van der Waals surface area (Å²) in [6, 6.07) is 57.2. The third-order valence-electron chi connectivity index (χ3n) is 16.4. The van der Waals surface area contributed by atoms with Gasteiger partial charge >= 0.3 is 0 Å². The van der Waals surface area contributed by atoms with E-state index in [9.17, 15) is 0 Å². The summed E-state index contributed by atoms with van der Waals surface area (Å²) in [5.74, 6) is 5.26. The normalized spacial score (nSPS) is 21.9. The summed E-state index contributed by atoms with van der Waals surface area (Å²) in [7, 11) is -3.50. The molecule has 3 heterocycles. The molecule has 360 valence electrons. The molecule has 6 aromatic carbocycles. The van der Waals surface area contributed by atoms with Gasteiger partial charge in [-0.25, -0.2) is 4.98 Å². The van der Waals surface area contributed by atoms with Crippen molar-refractivity contribution in [3.05, 3.63) is 175 Å². The van der Waals surface area contributed by atoms with Gasteiger partial charge in [-0.05, 0) is 118 Å². The fourth-order valence-electron chi connectivity index (χ4n) is 13.5.